The molecule has 2 aliphatic carbocycles. The monoisotopic (exact) mass is 307 g/mol. The second kappa shape index (κ2) is 7.63. The minimum Gasteiger partial charge on any atom is -0.378 e. The summed E-state index contributed by atoms with van der Waals surface area (Å²) in [4.78, 5) is 12.3. The molecule has 2 saturated carbocycles. The van der Waals surface area contributed by atoms with Crippen LogP contribution in [0.25, 0.3) is 0 Å². The van der Waals surface area contributed by atoms with E-state index in [2.05, 4.69) is 39.1 Å². The lowest BCUT2D eigenvalue weighted by molar-refractivity contribution is -0.123. The zero-order valence-corrected chi connectivity index (χ0v) is 14.8. The van der Waals surface area contributed by atoms with Crippen LogP contribution < -0.4 is 5.32 Å². The van der Waals surface area contributed by atoms with E-state index in [1.54, 1.807) is 0 Å². The van der Waals surface area contributed by atoms with Gasteiger partial charge in [-0.15, -0.1) is 0 Å². The Bertz CT molecular complexity index is 404. The van der Waals surface area contributed by atoms with Gasteiger partial charge in [-0.2, -0.15) is 0 Å². The van der Waals surface area contributed by atoms with E-state index >= 15 is 0 Å². The highest BCUT2D eigenvalue weighted by Gasteiger charge is 2.60. The average molecular weight is 307 g/mol. The molecule has 2 fully saturated rings. The van der Waals surface area contributed by atoms with Crippen molar-refractivity contribution in [3.8, 4) is 0 Å². The number of carbonyl (C=O) groups is 1. The van der Waals surface area contributed by atoms with Crippen molar-refractivity contribution in [1.82, 2.24) is 5.32 Å². The van der Waals surface area contributed by atoms with E-state index in [0.717, 1.165) is 19.6 Å². The molecule has 3 heteroatoms. The van der Waals surface area contributed by atoms with E-state index in [-0.39, 0.29) is 17.2 Å². The molecule has 0 radical (unpaired) electrons. The van der Waals surface area contributed by atoms with Crippen LogP contribution in [0.3, 0.4) is 0 Å². The van der Waals surface area contributed by atoms with Crippen molar-refractivity contribution in [2.45, 2.75) is 72.3 Å². The van der Waals surface area contributed by atoms with Gasteiger partial charge < -0.3 is 10.1 Å². The van der Waals surface area contributed by atoms with Gasteiger partial charge in [0.25, 0.3) is 0 Å². The Balaban J connectivity index is 1.61. The fraction of sp³-hybridized carbons (Fsp3) is 0.842. The van der Waals surface area contributed by atoms with Crippen molar-refractivity contribution in [3.63, 3.8) is 0 Å². The highest BCUT2D eigenvalue weighted by molar-refractivity contribution is 5.83. The first-order valence-electron chi connectivity index (χ1n) is 8.97. The summed E-state index contributed by atoms with van der Waals surface area (Å²) < 4.78 is 5.89. The number of ether oxygens (including phenoxy) is 1. The predicted octanol–water partition coefficient (Wildman–Crippen LogP) is 4.08. The summed E-state index contributed by atoms with van der Waals surface area (Å²) in [5.41, 5.74) is 1.41. The molecule has 0 saturated heterocycles. The van der Waals surface area contributed by atoms with E-state index in [1.165, 1.54) is 37.7 Å². The Morgan fingerprint density at radius 3 is 2.55 bits per heavy atom. The Hall–Kier alpha value is -0.830. The number of carbonyl (C=O) groups excluding carboxylic acids is 1. The van der Waals surface area contributed by atoms with E-state index in [1.807, 2.05) is 0 Å². The van der Waals surface area contributed by atoms with Gasteiger partial charge >= 0.3 is 0 Å². The van der Waals surface area contributed by atoms with Crippen molar-refractivity contribution >= 4 is 5.91 Å². The largest absolute Gasteiger partial charge is 0.378 e. The number of hydrogen-bond acceptors (Lipinski definition) is 2. The second-order valence-corrected chi connectivity index (χ2v) is 7.84. The molecule has 1 amide bonds. The maximum Gasteiger partial charge on any atom is 0.224 e. The van der Waals surface area contributed by atoms with Crippen LogP contribution in [0.2, 0.25) is 0 Å². The van der Waals surface area contributed by atoms with Gasteiger partial charge in [-0.3, -0.25) is 4.79 Å². The van der Waals surface area contributed by atoms with E-state index in [9.17, 15) is 4.79 Å². The summed E-state index contributed by atoms with van der Waals surface area (Å²) in [7, 11) is 0. The van der Waals surface area contributed by atoms with Crippen LogP contribution in [0.15, 0.2) is 11.6 Å². The van der Waals surface area contributed by atoms with Crippen LogP contribution >= 0.6 is 0 Å². The molecule has 2 aliphatic rings. The number of rotatable bonds is 7. The molecule has 1 N–H and O–H groups in total. The van der Waals surface area contributed by atoms with Crippen molar-refractivity contribution < 1.29 is 9.53 Å². The van der Waals surface area contributed by atoms with E-state index < -0.39 is 0 Å². The van der Waals surface area contributed by atoms with Crippen molar-refractivity contribution in [3.05, 3.63) is 11.6 Å². The SMILES string of the molecule is CC(C)=CC1C(C(=O)NCCCOC2CCCCC2)C1(C)C. The maximum absolute atomic E-state index is 12.3. The normalized spacial score (nSPS) is 27.3. The van der Waals surface area contributed by atoms with Crippen LogP contribution in [0.1, 0.15) is 66.2 Å². The smallest absolute Gasteiger partial charge is 0.224 e. The number of allylic oxidation sites excluding steroid dienone is 2. The molecular weight excluding hydrogens is 274 g/mol. The third kappa shape index (κ3) is 4.58. The lowest BCUT2D eigenvalue weighted by Gasteiger charge is -2.21. The molecular formula is C19H33NO2. The maximum atomic E-state index is 12.3. The first-order chi connectivity index (χ1) is 10.4. The lowest BCUT2D eigenvalue weighted by Crippen LogP contribution is -2.29. The van der Waals surface area contributed by atoms with Crippen LogP contribution in [0.5, 0.6) is 0 Å². The summed E-state index contributed by atoms with van der Waals surface area (Å²) >= 11 is 0. The minimum absolute atomic E-state index is 0.111. The molecule has 0 aliphatic heterocycles. The van der Waals surface area contributed by atoms with Gasteiger partial charge in [0.05, 0.1) is 12.0 Å². The second-order valence-electron chi connectivity index (χ2n) is 7.84. The van der Waals surface area contributed by atoms with E-state index in [4.69, 9.17) is 4.74 Å². The Morgan fingerprint density at radius 1 is 1.23 bits per heavy atom. The van der Waals surface area contributed by atoms with Gasteiger partial charge in [-0.1, -0.05) is 44.8 Å². The highest BCUT2D eigenvalue weighted by Crippen LogP contribution is 2.59. The fourth-order valence-corrected chi connectivity index (χ4v) is 3.72. The standard InChI is InChI=1S/C19H33NO2/c1-14(2)13-16-17(19(16,3)4)18(21)20-11-8-12-22-15-9-6-5-7-10-15/h13,15-17H,5-12H2,1-4H3,(H,20,21). The summed E-state index contributed by atoms with van der Waals surface area (Å²) in [5.74, 6) is 0.753. The third-order valence-electron chi connectivity index (χ3n) is 5.23. The number of hydrogen-bond donors (Lipinski definition) is 1. The fourth-order valence-electron chi connectivity index (χ4n) is 3.72. The first-order valence-corrected chi connectivity index (χ1v) is 8.97. The van der Waals surface area contributed by atoms with Gasteiger partial charge in [0, 0.05) is 13.2 Å². The molecule has 2 atom stereocenters. The number of nitrogens with one attached hydrogen (secondary N) is 1. The predicted molar refractivity (Wildman–Crippen MR) is 90.6 cm³/mol. The molecule has 0 aromatic rings. The molecule has 0 heterocycles. The van der Waals surface area contributed by atoms with Gasteiger partial charge in [0.1, 0.15) is 0 Å². The van der Waals surface area contributed by atoms with Crippen molar-refractivity contribution in [1.29, 1.82) is 0 Å². The molecule has 2 rings (SSSR count). The summed E-state index contributed by atoms with van der Waals surface area (Å²) in [6.45, 7) is 10.1. The van der Waals surface area contributed by atoms with Crippen molar-refractivity contribution in [2.75, 3.05) is 13.2 Å². The zero-order chi connectivity index (χ0) is 16.2. The minimum atomic E-state index is 0.111. The topological polar surface area (TPSA) is 38.3 Å². The van der Waals surface area contributed by atoms with Gasteiger partial charge in [-0.25, -0.2) is 0 Å². The quantitative estimate of drug-likeness (QED) is 0.568. The molecule has 0 spiro atoms. The average Bonchev–Trinajstić information content (AvgIpc) is 2.99. The molecule has 126 valence electrons. The summed E-state index contributed by atoms with van der Waals surface area (Å²) in [6.07, 6.45) is 10.0. The van der Waals surface area contributed by atoms with Crippen LogP contribution in [0, 0.1) is 17.3 Å². The zero-order valence-electron chi connectivity index (χ0n) is 14.8. The first kappa shape index (κ1) is 17.5. The Kier molecular flexibility index (Phi) is 6.08. The van der Waals surface area contributed by atoms with Crippen molar-refractivity contribution in [2.24, 2.45) is 17.3 Å². The molecule has 22 heavy (non-hydrogen) atoms. The molecule has 0 aromatic carbocycles. The third-order valence-corrected chi connectivity index (χ3v) is 5.23. The van der Waals surface area contributed by atoms with Gasteiger partial charge in [0.2, 0.25) is 5.91 Å². The van der Waals surface area contributed by atoms with Gasteiger partial charge in [0.15, 0.2) is 0 Å². The highest BCUT2D eigenvalue weighted by atomic mass is 16.5. The van der Waals surface area contributed by atoms with Crippen LogP contribution in [0.4, 0.5) is 0 Å². The molecule has 2 unspecified atom stereocenters. The lowest BCUT2D eigenvalue weighted by atomic mass is 9.98. The molecule has 0 bridgehead atoms. The van der Waals surface area contributed by atoms with Crippen LogP contribution in [-0.2, 0) is 9.53 Å². The van der Waals surface area contributed by atoms with E-state index in [0.29, 0.717) is 12.0 Å². The summed E-state index contributed by atoms with van der Waals surface area (Å²) in [5, 5.41) is 3.09. The summed E-state index contributed by atoms with van der Waals surface area (Å²) in [6, 6.07) is 0. The molecule has 0 aromatic heterocycles. The van der Waals surface area contributed by atoms with Crippen LogP contribution in [-0.4, -0.2) is 25.2 Å². The Morgan fingerprint density at radius 2 is 1.91 bits per heavy atom. The molecule has 3 nitrogen and oxygen atoms in total. The number of amides is 1. The van der Waals surface area contributed by atoms with Gasteiger partial charge in [-0.05, 0) is 44.4 Å². The Labute approximate surface area is 135 Å².